The third kappa shape index (κ3) is 4.43. The van der Waals surface area contributed by atoms with E-state index in [1.54, 1.807) is 18.2 Å². The van der Waals surface area contributed by atoms with Gasteiger partial charge in [-0.3, -0.25) is 4.79 Å². The molecule has 8 nitrogen and oxygen atoms in total. The molecule has 9 heteroatoms. The van der Waals surface area contributed by atoms with Gasteiger partial charge >= 0.3 is 0 Å². The van der Waals surface area contributed by atoms with E-state index in [0.717, 1.165) is 55.9 Å². The van der Waals surface area contributed by atoms with Crippen molar-refractivity contribution in [2.24, 2.45) is 0 Å². The first-order chi connectivity index (χ1) is 16.0. The van der Waals surface area contributed by atoms with Crippen LogP contribution in [0, 0.1) is 0 Å². The third-order valence-electron chi connectivity index (χ3n) is 6.29. The highest BCUT2D eigenvalue weighted by atomic mass is 32.2. The Kier molecular flexibility index (Phi) is 5.99. The number of amides is 1. The van der Waals surface area contributed by atoms with E-state index in [4.69, 9.17) is 0 Å². The van der Waals surface area contributed by atoms with Crippen LogP contribution in [0.3, 0.4) is 0 Å². The van der Waals surface area contributed by atoms with Crippen LogP contribution in [-0.4, -0.2) is 46.5 Å². The molecule has 1 amide bonds. The first kappa shape index (κ1) is 21.8. The molecule has 2 aliphatic rings. The first-order valence-corrected chi connectivity index (χ1v) is 12.9. The second-order valence-corrected chi connectivity index (χ2v) is 10.5. The van der Waals surface area contributed by atoms with Crippen LogP contribution in [0.2, 0.25) is 0 Å². The number of carbonyl (C=O) groups is 1. The van der Waals surface area contributed by atoms with Crippen molar-refractivity contribution in [1.82, 2.24) is 19.1 Å². The average Bonchev–Trinajstić information content (AvgIpc) is 3.46. The van der Waals surface area contributed by atoms with Crippen molar-refractivity contribution in [2.45, 2.75) is 50.0 Å². The van der Waals surface area contributed by atoms with Crippen LogP contribution in [0.1, 0.15) is 48.3 Å². The predicted molar refractivity (Wildman–Crippen MR) is 125 cm³/mol. The fourth-order valence-corrected chi connectivity index (χ4v) is 6.08. The lowest BCUT2D eigenvalue weighted by atomic mass is 10.1. The van der Waals surface area contributed by atoms with Crippen molar-refractivity contribution < 1.29 is 13.2 Å². The van der Waals surface area contributed by atoms with Crippen LogP contribution in [0.5, 0.6) is 0 Å². The molecule has 0 radical (unpaired) electrons. The van der Waals surface area contributed by atoms with Gasteiger partial charge in [-0.1, -0.05) is 24.6 Å². The number of nitrogens with zero attached hydrogens (tertiary/aromatic N) is 4. The number of fused-ring (bicyclic) bond motifs is 1. The molecule has 3 aromatic rings. The maximum atomic E-state index is 12.9. The highest BCUT2D eigenvalue weighted by Gasteiger charge is 2.27. The zero-order chi connectivity index (χ0) is 22.8. The molecule has 33 heavy (non-hydrogen) atoms. The summed E-state index contributed by atoms with van der Waals surface area (Å²) in [4.78, 5) is 13.1. The SMILES string of the molecule is O=C(Nc1cccc(-c2nnc3n2CCCCC3)c1)c1cccc(S(=O)(=O)N2CCCC2)c1. The summed E-state index contributed by atoms with van der Waals surface area (Å²) < 4.78 is 29.4. The summed E-state index contributed by atoms with van der Waals surface area (Å²) in [5, 5.41) is 11.7. The molecule has 2 aromatic carbocycles. The number of nitrogens with one attached hydrogen (secondary N) is 1. The van der Waals surface area contributed by atoms with Gasteiger partial charge in [0.25, 0.3) is 5.91 Å². The fourth-order valence-electron chi connectivity index (χ4n) is 4.51. The number of sulfonamides is 1. The zero-order valence-corrected chi connectivity index (χ0v) is 19.2. The average molecular weight is 466 g/mol. The van der Waals surface area contributed by atoms with Crippen LogP contribution in [0.4, 0.5) is 5.69 Å². The van der Waals surface area contributed by atoms with Gasteiger partial charge in [-0.15, -0.1) is 10.2 Å². The lowest BCUT2D eigenvalue weighted by Gasteiger charge is -2.16. The molecule has 5 rings (SSSR count). The maximum Gasteiger partial charge on any atom is 0.255 e. The number of benzene rings is 2. The third-order valence-corrected chi connectivity index (χ3v) is 8.18. The van der Waals surface area contributed by atoms with Crippen LogP contribution in [0.25, 0.3) is 11.4 Å². The predicted octanol–water partition coefficient (Wildman–Crippen LogP) is 3.71. The number of hydrogen-bond acceptors (Lipinski definition) is 5. The standard InChI is InChI=1S/C24H27N5O3S/c30-24(19-9-7-11-21(17-19)33(31,32)28-13-4-5-14-28)25-20-10-6-8-18(16-20)23-27-26-22-12-2-1-3-15-29(22)23/h6-11,16-17H,1-5,12-15H2,(H,25,30). The molecule has 1 fully saturated rings. The van der Waals surface area contributed by atoms with Crippen molar-refractivity contribution >= 4 is 21.6 Å². The Balaban J connectivity index is 1.37. The van der Waals surface area contributed by atoms with Crippen LogP contribution >= 0.6 is 0 Å². The minimum atomic E-state index is -3.58. The van der Waals surface area contributed by atoms with Gasteiger partial charge in [0.1, 0.15) is 5.82 Å². The van der Waals surface area contributed by atoms with E-state index in [2.05, 4.69) is 20.1 Å². The molecule has 0 bridgehead atoms. The molecular weight excluding hydrogens is 438 g/mol. The summed E-state index contributed by atoms with van der Waals surface area (Å²) in [5.74, 6) is 1.46. The summed E-state index contributed by atoms with van der Waals surface area (Å²) in [7, 11) is -3.58. The quantitative estimate of drug-likeness (QED) is 0.620. The molecule has 1 saturated heterocycles. The van der Waals surface area contributed by atoms with E-state index in [1.807, 2.05) is 24.3 Å². The normalized spacial score (nSPS) is 16.8. The van der Waals surface area contributed by atoms with Crippen LogP contribution in [0.15, 0.2) is 53.4 Å². The van der Waals surface area contributed by atoms with Crippen molar-refractivity contribution in [3.63, 3.8) is 0 Å². The van der Waals surface area contributed by atoms with Crippen LogP contribution in [-0.2, 0) is 23.0 Å². The molecule has 1 aromatic heterocycles. The van der Waals surface area contributed by atoms with Crippen molar-refractivity contribution in [3.8, 4) is 11.4 Å². The smallest absolute Gasteiger partial charge is 0.255 e. The summed E-state index contributed by atoms with van der Waals surface area (Å²) in [6.07, 6.45) is 6.08. The molecule has 1 N–H and O–H groups in total. The maximum absolute atomic E-state index is 12.9. The van der Waals surface area contributed by atoms with Gasteiger partial charge in [-0.2, -0.15) is 4.31 Å². The lowest BCUT2D eigenvalue weighted by Crippen LogP contribution is -2.28. The lowest BCUT2D eigenvalue weighted by molar-refractivity contribution is 0.102. The number of anilines is 1. The summed E-state index contributed by atoms with van der Waals surface area (Å²) in [6.45, 7) is 1.95. The molecule has 0 atom stereocenters. The Morgan fingerprint density at radius 2 is 1.67 bits per heavy atom. The molecule has 0 saturated carbocycles. The second kappa shape index (κ2) is 9.07. The summed E-state index contributed by atoms with van der Waals surface area (Å²) >= 11 is 0. The van der Waals surface area contributed by atoms with E-state index >= 15 is 0 Å². The summed E-state index contributed by atoms with van der Waals surface area (Å²) in [5.41, 5.74) is 1.81. The Labute approximate surface area is 193 Å². The highest BCUT2D eigenvalue weighted by Crippen LogP contribution is 2.26. The van der Waals surface area contributed by atoms with Gasteiger partial charge in [0.15, 0.2) is 5.82 Å². The Bertz CT molecular complexity index is 1280. The van der Waals surface area contributed by atoms with Crippen molar-refractivity contribution in [1.29, 1.82) is 0 Å². The molecular formula is C24H27N5O3S. The first-order valence-electron chi connectivity index (χ1n) is 11.5. The topological polar surface area (TPSA) is 97.2 Å². The van der Waals surface area contributed by atoms with E-state index in [-0.39, 0.29) is 10.8 Å². The van der Waals surface area contributed by atoms with Crippen molar-refractivity contribution in [2.75, 3.05) is 18.4 Å². The van der Waals surface area contributed by atoms with E-state index in [1.165, 1.54) is 16.8 Å². The van der Waals surface area contributed by atoms with Gasteiger partial charge in [0.2, 0.25) is 10.0 Å². The van der Waals surface area contributed by atoms with Crippen LogP contribution < -0.4 is 5.32 Å². The van der Waals surface area contributed by atoms with Gasteiger partial charge < -0.3 is 9.88 Å². The van der Waals surface area contributed by atoms with E-state index in [9.17, 15) is 13.2 Å². The zero-order valence-electron chi connectivity index (χ0n) is 18.4. The summed E-state index contributed by atoms with van der Waals surface area (Å²) in [6, 6.07) is 13.8. The van der Waals surface area contributed by atoms with Gasteiger partial charge in [-0.25, -0.2) is 8.42 Å². The monoisotopic (exact) mass is 465 g/mol. The fraction of sp³-hybridized carbons (Fsp3) is 0.375. The van der Waals surface area contributed by atoms with Crippen molar-refractivity contribution in [3.05, 3.63) is 59.9 Å². The number of rotatable bonds is 5. The Morgan fingerprint density at radius 1 is 0.879 bits per heavy atom. The highest BCUT2D eigenvalue weighted by molar-refractivity contribution is 7.89. The minimum absolute atomic E-state index is 0.150. The Morgan fingerprint density at radius 3 is 2.52 bits per heavy atom. The van der Waals surface area contributed by atoms with E-state index < -0.39 is 10.0 Å². The molecule has 3 heterocycles. The number of aryl methyl sites for hydroxylation is 1. The Hall–Kier alpha value is -3.04. The molecule has 0 spiro atoms. The van der Waals surface area contributed by atoms with Gasteiger partial charge in [0, 0.05) is 42.9 Å². The number of carbonyl (C=O) groups excluding carboxylic acids is 1. The van der Waals surface area contributed by atoms with Gasteiger partial charge in [-0.05, 0) is 56.0 Å². The molecule has 0 aliphatic carbocycles. The molecule has 172 valence electrons. The number of hydrogen-bond donors (Lipinski definition) is 1. The number of aromatic nitrogens is 3. The van der Waals surface area contributed by atoms with E-state index in [0.29, 0.717) is 24.3 Å². The molecule has 0 unspecified atom stereocenters. The van der Waals surface area contributed by atoms with Gasteiger partial charge in [0.05, 0.1) is 4.90 Å². The molecule has 2 aliphatic heterocycles. The largest absolute Gasteiger partial charge is 0.322 e. The minimum Gasteiger partial charge on any atom is -0.322 e. The second-order valence-electron chi connectivity index (χ2n) is 8.58.